The first-order chi connectivity index (χ1) is 8.81. The Hall–Kier alpha value is -0.510. The SMILES string of the molecule is CCCc1ccc(C(CSCCCO)NC)cc1. The molecular weight excluding hydrogens is 242 g/mol. The Labute approximate surface area is 115 Å². The van der Waals surface area contributed by atoms with Crippen LogP contribution in [-0.4, -0.2) is 30.3 Å². The fraction of sp³-hybridized carbons (Fsp3) is 0.600. The van der Waals surface area contributed by atoms with Crippen molar-refractivity contribution in [1.29, 1.82) is 0 Å². The molecule has 0 aromatic heterocycles. The summed E-state index contributed by atoms with van der Waals surface area (Å²) in [5.74, 6) is 2.09. The summed E-state index contributed by atoms with van der Waals surface area (Å²) >= 11 is 1.90. The Morgan fingerprint density at radius 1 is 1.28 bits per heavy atom. The van der Waals surface area contributed by atoms with Crippen molar-refractivity contribution in [3.63, 3.8) is 0 Å². The lowest BCUT2D eigenvalue weighted by atomic mass is 10.0. The molecule has 18 heavy (non-hydrogen) atoms. The molecule has 2 nitrogen and oxygen atoms in total. The van der Waals surface area contributed by atoms with Gasteiger partial charge in [-0.2, -0.15) is 11.8 Å². The molecule has 1 unspecified atom stereocenters. The van der Waals surface area contributed by atoms with Crippen LogP contribution in [0.1, 0.15) is 36.9 Å². The van der Waals surface area contributed by atoms with E-state index in [0.717, 1.165) is 24.3 Å². The van der Waals surface area contributed by atoms with Gasteiger partial charge in [0, 0.05) is 18.4 Å². The Morgan fingerprint density at radius 3 is 2.56 bits per heavy atom. The number of benzene rings is 1. The monoisotopic (exact) mass is 267 g/mol. The third-order valence-electron chi connectivity index (χ3n) is 3.00. The van der Waals surface area contributed by atoms with Crippen molar-refractivity contribution >= 4 is 11.8 Å². The minimum absolute atomic E-state index is 0.295. The van der Waals surface area contributed by atoms with Crippen LogP contribution >= 0.6 is 11.8 Å². The Bertz CT molecular complexity index is 313. The number of hydrogen-bond donors (Lipinski definition) is 2. The van der Waals surface area contributed by atoms with Gasteiger partial charge in [0.05, 0.1) is 0 Å². The second kappa shape index (κ2) is 9.42. The molecule has 0 aliphatic heterocycles. The van der Waals surface area contributed by atoms with Crippen molar-refractivity contribution in [2.24, 2.45) is 0 Å². The minimum atomic E-state index is 0.295. The van der Waals surface area contributed by atoms with Gasteiger partial charge in [0.1, 0.15) is 0 Å². The van der Waals surface area contributed by atoms with Gasteiger partial charge in [-0.25, -0.2) is 0 Å². The molecule has 0 radical (unpaired) electrons. The summed E-state index contributed by atoms with van der Waals surface area (Å²) in [5, 5.41) is 12.1. The summed E-state index contributed by atoms with van der Waals surface area (Å²) in [7, 11) is 2.01. The highest BCUT2D eigenvalue weighted by Gasteiger charge is 2.08. The topological polar surface area (TPSA) is 32.3 Å². The molecule has 0 amide bonds. The number of aliphatic hydroxyl groups is 1. The Balaban J connectivity index is 2.48. The van der Waals surface area contributed by atoms with Crippen LogP contribution in [-0.2, 0) is 6.42 Å². The van der Waals surface area contributed by atoms with Crippen molar-refractivity contribution in [1.82, 2.24) is 5.32 Å². The van der Waals surface area contributed by atoms with Crippen molar-refractivity contribution in [2.75, 3.05) is 25.2 Å². The number of hydrogen-bond acceptors (Lipinski definition) is 3. The molecule has 102 valence electrons. The van der Waals surface area contributed by atoms with E-state index in [1.54, 1.807) is 0 Å². The summed E-state index contributed by atoms with van der Waals surface area (Å²) in [5.41, 5.74) is 2.78. The predicted octanol–water partition coefficient (Wildman–Crippen LogP) is 3.02. The van der Waals surface area contributed by atoms with Gasteiger partial charge in [-0.1, -0.05) is 37.6 Å². The molecule has 1 aromatic carbocycles. The molecule has 1 aromatic rings. The van der Waals surface area contributed by atoms with Crippen LogP contribution in [0.25, 0.3) is 0 Å². The molecular formula is C15H25NOS. The molecule has 0 heterocycles. The van der Waals surface area contributed by atoms with E-state index in [1.807, 2.05) is 18.8 Å². The molecule has 1 rings (SSSR count). The van der Waals surface area contributed by atoms with Crippen molar-refractivity contribution < 1.29 is 5.11 Å². The van der Waals surface area contributed by atoms with Gasteiger partial charge in [0.25, 0.3) is 0 Å². The molecule has 0 saturated heterocycles. The van der Waals surface area contributed by atoms with Gasteiger partial charge in [0.15, 0.2) is 0 Å². The fourth-order valence-corrected chi connectivity index (χ4v) is 3.01. The van der Waals surface area contributed by atoms with Gasteiger partial charge >= 0.3 is 0 Å². The zero-order chi connectivity index (χ0) is 13.2. The van der Waals surface area contributed by atoms with Gasteiger partial charge in [-0.15, -0.1) is 0 Å². The quantitative estimate of drug-likeness (QED) is 0.675. The number of aliphatic hydroxyl groups excluding tert-OH is 1. The second-order valence-corrected chi connectivity index (χ2v) is 5.63. The smallest absolute Gasteiger partial charge is 0.0438 e. The van der Waals surface area contributed by atoms with Gasteiger partial charge < -0.3 is 10.4 Å². The predicted molar refractivity (Wildman–Crippen MR) is 81.3 cm³/mol. The largest absolute Gasteiger partial charge is 0.396 e. The minimum Gasteiger partial charge on any atom is -0.396 e. The zero-order valence-corrected chi connectivity index (χ0v) is 12.3. The van der Waals surface area contributed by atoms with Crippen molar-refractivity contribution in [3.8, 4) is 0 Å². The van der Waals surface area contributed by atoms with E-state index in [-0.39, 0.29) is 0 Å². The molecule has 0 saturated carbocycles. The summed E-state index contributed by atoms with van der Waals surface area (Å²) in [6.07, 6.45) is 3.25. The fourth-order valence-electron chi connectivity index (χ4n) is 1.92. The zero-order valence-electron chi connectivity index (χ0n) is 11.5. The molecule has 0 aliphatic rings. The average Bonchev–Trinajstić information content (AvgIpc) is 2.41. The molecule has 0 aliphatic carbocycles. The van der Waals surface area contributed by atoms with Gasteiger partial charge in [-0.3, -0.25) is 0 Å². The average molecular weight is 267 g/mol. The van der Waals surface area contributed by atoms with Crippen LogP contribution in [0.4, 0.5) is 0 Å². The highest BCUT2D eigenvalue weighted by molar-refractivity contribution is 7.99. The summed E-state index contributed by atoms with van der Waals surface area (Å²) in [6, 6.07) is 9.35. The van der Waals surface area contributed by atoms with Crippen LogP contribution < -0.4 is 5.32 Å². The van der Waals surface area contributed by atoms with Crippen LogP contribution in [0.2, 0.25) is 0 Å². The van der Waals surface area contributed by atoms with E-state index in [2.05, 4.69) is 36.5 Å². The highest BCUT2D eigenvalue weighted by Crippen LogP contribution is 2.19. The first-order valence-electron chi connectivity index (χ1n) is 6.76. The summed E-state index contributed by atoms with van der Waals surface area (Å²) in [4.78, 5) is 0. The lowest BCUT2D eigenvalue weighted by molar-refractivity contribution is 0.296. The van der Waals surface area contributed by atoms with Crippen LogP contribution in [0.15, 0.2) is 24.3 Å². The number of thioether (sulfide) groups is 1. The molecule has 3 heteroatoms. The second-order valence-electron chi connectivity index (χ2n) is 4.48. The maximum Gasteiger partial charge on any atom is 0.0438 e. The van der Waals surface area contributed by atoms with E-state index < -0.39 is 0 Å². The molecule has 0 bridgehead atoms. The van der Waals surface area contributed by atoms with Gasteiger partial charge in [0.2, 0.25) is 0 Å². The number of aryl methyl sites for hydroxylation is 1. The van der Waals surface area contributed by atoms with E-state index in [4.69, 9.17) is 5.11 Å². The standard InChI is InChI=1S/C15H25NOS/c1-3-5-13-6-8-14(9-7-13)15(16-2)12-18-11-4-10-17/h6-9,15-17H,3-5,10-12H2,1-2H3. The third kappa shape index (κ3) is 5.42. The maximum atomic E-state index is 8.76. The van der Waals surface area contributed by atoms with Crippen LogP contribution in [0, 0.1) is 0 Å². The van der Waals surface area contributed by atoms with E-state index in [0.29, 0.717) is 12.6 Å². The summed E-state index contributed by atoms with van der Waals surface area (Å²) in [6.45, 7) is 2.51. The number of nitrogens with one attached hydrogen (secondary N) is 1. The van der Waals surface area contributed by atoms with Crippen molar-refractivity contribution in [2.45, 2.75) is 32.2 Å². The molecule has 0 spiro atoms. The lowest BCUT2D eigenvalue weighted by Gasteiger charge is -2.16. The maximum absolute atomic E-state index is 8.76. The molecule has 1 atom stereocenters. The first kappa shape index (κ1) is 15.5. The molecule has 0 fully saturated rings. The van der Waals surface area contributed by atoms with Crippen LogP contribution in [0.3, 0.4) is 0 Å². The summed E-state index contributed by atoms with van der Waals surface area (Å²) < 4.78 is 0. The third-order valence-corrected chi connectivity index (χ3v) is 4.15. The lowest BCUT2D eigenvalue weighted by Crippen LogP contribution is -2.19. The normalized spacial score (nSPS) is 12.6. The highest BCUT2D eigenvalue weighted by atomic mass is 32.2. The van der Waals surface area contributed by atoms with Crippen LogP contribution in [0.5, 0.6) is 0 Å². The van der Waals surface area contributed by atoms with E-state index in [9.17, 15) is 0 Å². The van der Waals surface area contributed by atoms with E-state index >= 15 is 0 Å². The number of rotatable bonds is 9. The Kier molecular flexibility index (Phi) is 8.14. The Morgan fingerprint density at radius 2 is 2.00 bits per heavy atom. The van der Waals surface area contributed by atoms with E-state index in [1.165, 1.54) is 17.5 Å². The van der Waals surface area contributed by atoms with Crippen molar-refractivity contribution in [3.05, 3.63) is 35.4 Å². The molecule has 2 N–H and O–H groups in total. The first-order valence-corrected chi connectivity index (χ1v) is 7.92. The van der Waals surface area contributed by atoms with Gasteiger partial charge in [-0.05, 0) is 36.8 Å².